The lowest BCUT2D eigenvalue weighted by Gasteiger charge is -2.28. The molecule has 0 radical (unpaired) electrons. The topological polar surface area (TPSA) is 144 Å². The van der Waals surface area contributed by atoms with Crippen molar-refractivity contribution in [1.29, 1.82) is 0 Å². The van der Waals surface area contributed by atoms with Crippen molar-refractivity contribution >= 4 is 40.6 Å². The number of anilines is 2. The Morgan fingerprint density at radius 2 is 1.97 bits per heavy atom. The Morgan fingerprint density at radius 1 is 1.18 bits per heavy atom. The number of hydrogen-bond acceptors (Lipinski definition) is 7. The number of aryl methyl sites for hydroxylation is 1. The monoisotopic (exact) mass is 551 g/mol. The molecule has 2 aliphatic rings. The van der Waals surface area contributed by atoms with E-state index in [9.17, 15) is 19.7 Å². The summed E-state index contributed by atoms with van der Waals surface area (Å²) in [7, 11) is 1.49. The van der Waals surface area contributed by atoms with Gasteiger partial charge >= 0.3 is 6.03 Å². The van der Waals surface area contributed by atoms with E-state index in [4.69, 9.17) is 21.1 Å². The molecule has 12 heteroatoms. The van der Waals surface area contributed by atoms with Gasteiger partial charge in [-0.1, -0.05) is 17.7 Å². The molecule has 39 heavy (non-hydrogen) atoms. The molecular formula is C27H26ClN5O6. The van der Waals surface area contributed by atoms with Crippen LogP contribution >= 0.6 is 11.6 Å². The van der Waals surface area contributed by atoms with E-state index in [-0.39, 0.29) is 11.4 Å². The molecule has 0 saturated heterocycles. The van der Waals surface area contributed by atoms with Crippen molar-refractivity contribution in [3.05, 3.63) is 92.9 Å². The number of halogens is 1. The number of nitrogens with one attached hydrogen (secondary N) is 3. The molecule has 11 nitrogen and oxygen atoms in total. The lowest BCUT2D eigenvalue weighted by molar-refractivity contribution is -0.419. The minimum atomic E-state index is -0.662. The fraction of sp³-hybridized carbons (Fsp3) is 0.222. The number of ether oxygens (including phenoxy) is 2. The molecule has 0 aromatic heterocycles. The van der Waals surface area contributed by atoms with Crippen LogP contribution in [0.4, 0.5) is 16.2 Å². The minimum Gasteiger partial charge on any atom is -0.495 e. The number of dihydropyridines is 1. The van der Waals surface area contributed by atoms with E-state index in [1.165, 1.54) is 25.3 Å². The number of nitrogens with zero attached hydrogens (tertiary/aromatic N) is 2. The summed E-state index contributed by atoms with van der Waals surface area (Å²) < 4.78 is 11.3. The highest BCUT2D eigenvalue weighted by Gasteiger charge is 2.34. The van der Waals surface area contributed by atoms with Gasteiger partial charge < -0.3 is 25.4 Å². The second-order valence-electron chi connectivity index (χ2n) is 8.65. The number of rotatable bonds is 8. The van der Waals surface area contributed by atoms with Crippen molar-refractivity contribution in [1.82, 2.24) is 5.32 Å². The SMILES string of the molecule is CCNC(=O)C1=NC2C=C([N+](=O)[O-])C=CC2C(Oc2ccc(NC(=O)Nc3ccc(Cl)c(OC)c3)c(C)c2)=C1. The van der Waals surface area contributed by atoms with Crippen LogP contribution in [0.2, 0.25) is 5.02 Å². The highest BCUT2D eigenvalue weighted by molar-refractivity contribution is 6.43. The van der Waals surface area contributed by atoms with E-state index in [1.807, 2.05) is 0 Å². The van der Waals surface area contributed by atoms with Crippen LogP contribution in [-0.2, 0) is 4.79 Å². The van der Waals surface area contributed by atoms with Crippen LogP contribution in [0.5, 0.6) is 11.5 Å². The first-order valence-electron chi connectivity index (χ1n) is 12.0. The van der Waals surface area contributed by atoms with Gasteiger partial charge in [-0.05, 0) is 49.7 Å². The normalized spacial score (nSPS) is 17.6. The number of nitro groups is 1. The Bertz CT molecular complexity index is 1450. The Morgan fingerprint density at radius 3 is 2.67 bits per heavy atom. The highest BCUT2D eigenvalue weighted by atomic mass is 35.5. The van der Waals surface area contributed by atoms with Crippen molar-refractivity contribution in [2.75, 3.05) is 24.3 Å². The van der Waals surface area contributed by atoms with Crippen LogP contribution in [0.25, 0.3) is 0 Å². The molecule has 2 atom stereocenters. The number of benzene rings is 2. The van der Waals surface area contributed by atoms with Crippen molar-refractivity contribution < 1.29 is 24.0 Å². The maximum Gasteiger partial charge on any atom is 0.323 e. The van der Waals surface area contributed by atoms with Crippen molar-refractivity contribution in [3.63, 3.8) is 0 Å². The zero-order valence-corrected chi connectivity index (χ0v) is 22.1. The Balaban J connectivity index is 1.50. The second-order valence-corrected chi connectivity index (χ2v) is 9.06. The molecule has 0 bridgehead atoms. The summed E-state index contributed by atoms with van der Waals surface area (Å²) >= 11 is 6.03. The third kappa shape index (κ3) is 6.44. The van der Waals surface area contributed by atoms with Crippen molar-refractivity contribution in [3.8, 4) is 11.5 Å². The van der Waals surface area contributed by atoms with Gasteiger partial charge in [-0.3, -0.25) is 19.9 Å². The molecule has 2 aromatic carbocycles. The molecule has 0 fully saturated rings. The molecule has 2 aromatic rings. The summed E-state index contributed by atoms with van der Waals surface area (Å²) in [6.07, 6.45) is 5.99. The predicted molar refractivity (Wildman–Crippen MR) is 148 cm³/mol. The Hall–Kier alpha value is -4.64. The Labute approximate surface area is 229 Å². The van der Waals surface area contributed by atoms with Crippen molar-refractivity contribution in [2.24, 2.45) is 10.9 Å². The third-order valence-corrected chi connectivity index (χ3v) is 6.26. The number of fused-ring (bicyclic) bond motifs is 1. The fourth-order valence-electron chi connectivity index (χ4n) is 4.05. The Kier molecular flexibility index (Phi) is 8.30. The second kappa shape index (κ2) is 11.8. The number of amides is 3. The number of aliphatic imine (C=N–C) groups is 1. The molecule has 1 heterocycles. The fourth-order valence-corrected chi connectivity index (χ4v) is 4.25. The zero-order valence-electron chi connectivity index (χ0n) is 21.4. The predicted octanol–water partition coefficient (Wildman–Crippen LogP) is 4.87. The number of urea groups is 1. The lowest BCUT2D eigenvalue weighted by Crippen LogP contribution is -2.36. The maximum absolute atomic E-state index is 12.6. The summed E-state index contributed by atoms with van der Waals surface area (Å²) in [5, 5.41) is 19.9. The van der Waals surface area contributed by atoms with Crippen LogP contribution < -0.4 is 25.4 Å². The molecule has 0 spiro atoms. The van der Waals surface area contributed by atoms with Gasteiger partial charge in [-0.2, -0.15) is 0 Å². The number of methoxy groups -OCH3 is 1. The zero-order chi connectivity index (χ0) is 28.1. The largest absolute Gasteiger partial charge is 0.495 e. The number of allylic oxidation sites excluding steroid dienone is 1. The van der Waals surface area contributed by atoms with Gasteiger partial charge in [0.05, 0.1) is 29.0 Å². The summed E-state index contributed by atoms with van der Waals surface area (Å²) in [4.78, 5) is 40.2. The molecule has 3 amide bonds. The standard InChI is InChI=1S/C27H26ClN5O6/c1-4-29-26(34)23-14-24(19-8-6-17(33(36)37)13-22(19)31-23)39-18-7-10-21(15(2)11-18)32-27(35)30-16-5-9-20(28)25(12-16)38-3/h5-14,19,22H,4H2,1-3H3,(H,29,34)(H2,30,32,35). The van der Waals surface area contributed by atoms with E-state index >= 15 is 0 Å². The quantitative estimate of drug-likeness (QED) is 0.315. The summed E-state index contributed by atoms with van der Waals surface area (Å²) in [6, 6.07) is 8.86. The molecule has 3 N–H and O–H groups in total. The van der Waals surface area contributed by atoms with Gasteiger partial charge in [0.15, 0.2) is 0 Å². The van der Waals surface area contributed by atoms with Gasteiger partial charge in [-0.15, -0.1) is 0 Å². The number of carbonyl (C=O) groups is 2. The first-order chi connectivity index (χ1) is 18.7. The number of carbonyl (C=O) groups excluding carboxylic acids is 2. The number of hydrogen-bond donors (Lipinski definition) is 3. The van der Waals surface area contributed by atoms with Gasteiger partial charge in [0, 0.05) is 42.2 Å². The van der Waals surface area contributed by atoms with E-state index in [1.54, 1.807) is 56.3 Å². The highest BCUT2D eigenvalue weighted by Crippen LogP contribution is 2.33. The van der Waals surface area contributed by atoms with E-state index in [0.717, 1.165) is 5.56 Å². The van der Waals surface area contributed by atoms with Gasteiger partial charge in [-0.25, -0.2) is 4.79 Å². The summed E-state index contributed by atoms with van der Waals surface area (Å²) in [5.41, 5.74) is 1.80. The maximum atomic E-state index is 12.6. The molecule has 0 saturated carbocycles. The van der Waals surface area contributed by atoms with Gasteiger partial charge in [0.25, 0.3) is 11.6 Å². The molecule has 4 rings (SSSR count). The molecule has 1 aliphatic heterocycles. The van der Waals surface area contributed by atoms with Crippen LogP contribution in [0.15, 0.2) is 77.2 Å². The van der Waals surface area contributed by atoms with Gasteiger partial charge in [0.2, 0.25) is 0 Å². The molecule has 202 valence electrons. The van der Waals surface area contributed by atoms with Crippen molar-refractivity contribution in [2.45, 2.75) is 19.9 Å². The average Bonchev–Trinajstić information content (AvgIpc) is 2.91. The summed E-state index contributed by atoms with van der Waals surface area (Å²) in [5.74, 6) is 0.487. The molecular weight excluding hydrogens is 526 g/mol. The molecule has 1 aliphatic carbocycles. The van der Waals surface area contributed by atoms with E-state index < -0.39 is 28.8 Å². The first-order valence-corrected chi connectivity index (χ1v) is 12.4. The molecule has 2 unspecified atom stereocenters. The van der Waals surface area contributed by atoms with Crippen LogP contribution in [0.1, 0.15) is 12.5 Å². The summed E-state index contributed by atoms with van der Waals surface area (Å²) in [6.45, 7) is 3.99. The van der Waals surface area contributed by atoms with Gasteiger partial charge in [0.1, 0.15) is 23.0 Å². The lowest BCUT2D eigenvalue weighted by atomic mass is 9.89. The van der Waals surface area contributed by atoms with E-state index in [0.29, 0.717) is 40.2 Å². The first kappa shape index (κ1) is 27.4. The smallest absolute Gasteiger partial charge is 0.323 e. The average molecular weight is 552 g/mol. The van der Waals surface area contributed by atoms with Crippen LogP contribution in [-0.4, -0.2) is 42.3 Å². The minimum absolute atomic E-state index is 0.0990. The van der Waals surface area contributed by atoms with Crippen LogP contribution in [0, 0.1) is 23.0 Å². The third-order valence-electron chi connectivity index (χ3n) is 5.95. The van der Waals surface area contributed by atoms with E-state index in [2.05, 4.69) is 20.9 Å². The van der Waals surface area contributed by atoms with Crippen LogP contribution in [0.3, 0.4) is 0 Å².